The number of hydrogen-bond acceptors (Lipinski definition) is 7. The summed E-state index contributed by atoms with van der Waals surface area (Å²) in [6.45, 7) is 0. The fourth-order valence-corrected chi connectivity index (χ4v) is 3.31. The monoisotopic (exact) mass is 407 g/mol. The highest BCUT2D eigenvalue weighted by Crippen LogP contribution is 2.20. The van der Waals surface area contributed by atoms with Crippen LogP contribution < -0.4 is 10.3 Å². The van der Waals surface area contributed by atoms with Crippen molar-refractivity contribution in [1.82, 2.24) is 15.5 Å². The molecule has 0 aliphatic carbocycles. The van der Waals surface area contributed by atoms with Crippen LogP contribution in [0.3, 0.4) is 0 Å². The maximum Gasteiger partial charge on any atom is 0.277 e. The Morgan fingerprint density at radius 1 is 1.07 bits per heavy atom. The zero-order chi connectivity index (χ0) is 20.1. The summed E-state index contributed by atoms with van der Waals surface area (Å²) in [5.74, 6) is 0.398. The molecule has 3 aromatic rings. The molecule has 146 valence electrons. The highest BCUT2D eigenvalue weighted by atomic mass is 32.2. The smallest absolute Gasteiger partial charge is 0.277 e. The van der Waals surface area contributed by atoms with E-state index >= 15 is 0 Å². The quantitative estimate of drug-likeness (QED) is 0.631. The average Bonchev–Trinajstić information content (AvgIpc) is 3.34. The van der Waals surface area contributed by atoms with Crippen molar-refractivity contribution in [1.29, 1.82) is 0 Å². The number of nitrogens with one attached hydrogen (secondary N) is 1. The third-order valence-electron chi connectivity index (χ3n) is 4.03. The van der Waals surface area contributed by atoms with Crippen molar-refractivity contribution in [3.63, 3.8) is 0 Å². The second kappa shape index (κ2) is 8.70. The molecule has 9 heteroatoms. The summed E-state index contributed by atoms with van der Waals surface area (Å²) in [5.41, 5.74) is 1.73. The van der Waals surface area contributed by atoms with Crippen molar-refractivity contribution in [2.75, 3.05) is 10.8 Å². The molecule has 0 radical (unpaired) electrons. The molecule has 8 nitrogen and oxygen atoms in total. The number of para-hydroxylation sites is 1. The van der Waals surface area contributed by atoms with Gasteiger partial charge < -0.3 is 9.73 Å². The van der Waals surface area contributed by atoms with Crippen LogP contribution in [0.4, 0.5) is 5.69 Å². The summed E-state index contributed by atoms with van der Waals surface area (Å²) < 4.78 is 5.57. The maximum absolute atomic E-state index is 12.2. The molecule has 2 aromatic carbocycles. The van der Waals surface area contributed by atoms with Gasteiger partial charge in [-0.1, -0.05) is 60.3 Å². The van der Waals surface area contributed by atoms with Crippen LogP contribution in [0, 0.1) is 0 Å². The molecular weight excluding hydrogens is 390 g/mol. The fraction of sp³-hybridized carbons (Fsp3) is 0.150. The molecule has 1 aromatic heterocycles. The lowest BCUT2D eigenvalue weighted by molar-refractivity contribution is -0.117. The number of rotatable bonds is 6. The van der Waals surface area contributed by atoms with Crippen LogP contribution in [0.25, 0.3) is 0 Å². The van der Waals surface area contributed by atoms with E-state index in [1.807, 2.05) is 48.5 Å². The van der Waals surface area contributed by atoms with Gasteiger partial charge in [0.1, 0.15) is 5.84 Å². The lowest BCUT2D eigenvalue weighted by Gasteiger charge is -2.10. The van der Waals surface area contributed by atoms with E-state index in [9.17, 15) is 9.59 Å². The predicted octanol–water partition coefficient (Wildman–Crippen LogP) is 2.62. The Labute approximate surface area is 171 Å². The Kier molecular flexibility index (Phi) is 5.66. The first-order valence-electron chi connectivity index (χ1n) is 8.92. The van der Waals surface area contributed by atoms with Gasteiger partial charge in [0.25, 0.3) is 11.1 Å². The number of anilines is 1. The number of carbonyl (C=O) groups excluding carboxylic acids is 2. The molecule has 1 aliphatic heterocycles. The average molecular weight is 407 g/mol. The van der Waals surface area contributed by atoms with Crippen molar-refractivity contribution < 1.29 is 14.0 Å². The number of nitrogens with zero attached hydrogens (tertiary/aromatic N) is 4. The molecule has 29 heavy (non-hydrogen) atoms. The van der Waals surface area contributed by atoms with E-state index in [4.69, 9.17) is 4.42 Å². The summed E-state index contributed by atoms with van der Waals surface area (Å²) >= 11 is 1.14. The number of amidine groups is 1. The largest absolute Gasteiger partial charge is 0.416 e. The molecule has 0 fully saturated rings. The predicted molar refractivity (Wildman–Crippen MR) is 108 cm³/mol. The number of hydrazone groups is 1. The minimum atomic E-state index is -0.292. The van der Waals surface area contributed by atoms with Gasteiger partial charge in [-0.25, -0.2) is 0 Å². The Hall–Kier alpha value is -3.46. The first kappa shape index (κ1) is 18.9. The zero-order valence-corrected chi connectivity index (χ0v) is 16.1. The molecule has 0 spiro atoms. The van der Waals surface area contributed by atoms with Gasteiger partial charge in [-0.15, -0.1) is 10.2 Å². The molecule has 0 unspecified atom stereocenters. The van der Waals surface area contributed by atoms with Crippen LogP contribution in [-0.4, -0.2) is 33.6 Å². The van der Waals surface area contributed by atoms with E-state index in [0.717, 1.165) is 17.3 Å². The highest BCUT2D eigenvalue weighted by Gasteiger charge is 2.26. The zero-order valence-electron chi connectivity index (χ0n) is 15.3. The van der Waals surface area contributed by atoms with Gasteiger partial charge >= 0.3 is 0 Å². The summed E-state index contributed by atoms with van der Waals surface area (Å²) in [7, 11) is 0. The normalized spacial score (nSPS) is 13.4. The Bertz CT molecular complexity index is 1040. The molecular formula is C20H17N5O3S. The van der Waals surface area contributed by atoms with E-state index in [0.29, 0.717) is 29.1 Å². The number of aromatic nitrogens is 2. The van der Waals surface area contributed by atoms with Crippen LogP contribution in [-0.2, 0) is 16.0 Å². The topological polar surface area (TPSA) is 101 Å². The molecule has 0 saturated heterocycles. The summed E-state index contributed by atoms with van der Waals surface area (Å²) in [6, 6.07) is 18.9. The molecule has 2 amide bonds. The van der Waals surface area contributed by atoms with Crippen LogP contribution >= 0.6 is 11.8 Å². The van der Waals surface area contributed by atoms with E-state index in [-0.39, 0.29) is 24.0 Å². The van der Waals surface area contributed by atoms with Crippen molar-refractivity contribution in [3.05, 3.63) is 72.1 Å². The van der Waals surface area contributed by atoms with E-state index in [1.165, 1.54) is 5.01 Å². The molecule has 1 N–H and O–H groups in total. The minimum absolute atomic E-state index is 0.0487. The third-order valence-corrected chi connectivity index (χ3v) is 4.85. The van der Waals surface area contributed by atoms with Gasteiger partial charge in [0, 0.05) is 0 Å². The standard InChI is InChI=1S/C20H17N5O3S/c26-17(21-16-12-19(27)25(24-16)15-9-5-2-6-10-15)13-29-20-23-22-18(28-20)11-14-7-3-1-4-8-14/h1-10H,11-13H2,(H,21,24,26). The van der Waals surface area contributed by atoms with Gasteiger partial charge in [0.2, 0.25) is 11.8 Å². The van der Waals surface area contributed by atoms with Gasteiger partial charge in [-0.2, -0.15) is 10.1 Å². The number of carbonyl (C=O) groups is 2. The van der Waals surface area contributed by atoms with Crippen molar-refractivity contribution in [2.45, 2.75) is 18.1 Å². The number of hydrogen-bond donors (Lipinski definition) is 1. The second-order valence-corrected chi connectivity index (χ2v) is 7.15. The first-order valence-corrected chi connectivity index (χ1v) is 9.90. The van der Waals surface area contributed by atoms with Crippen molar-refractivity contribution >= 4 is 35.1 Å². The van der Waals surface area contributed by atoms with Crippen molar-refractivity contribution in [2.24, 2.45) is 5.10 Å². The first-order chi connectivity index (χ1) is 14.2. The van der Waals surface area contributed by atoms with E-state index in [1.54, 1.807) is 12.1 Å². The van der Waals surface area contributed by atoms with Crippen LogP contribution in [0.2, 0.25) is 0 Å². The number of benzene rings is 2. The van der Waals surface area contributed by atoms with Crippen LogP contribution in [0.15, 0.2) is 75.4 Å². The highest BCUT2D eigenvalue weighted by molar-refractivity contribution is 7.99. The fourth-order valence-electron chi connectivity index (χ4n) is 2.73. The lowest BCUT2D eigenvalue weighted by atomic mass is 10.2. The summed E-state index contributed by atoms with van der Waals surface area (Å²) in [6.07, 6.45) is 0.585. The second-order valence-electron chi connectivity index (χ2n) is 6.23. The van der Waals surface area contributed by atoms with Gasteiger partial charge in [0.05, 0.1) is 24.3 Å². The van der Waals surface area contributed by atoms with Gasteiger partial charge in [-0.05, 0) is 17.7 Å². The molecule has 0 saturated carbocycles. The molecule has 4 rings (SSSR count). The molecule has 2 heterocycles. The van der Waals surface area contributed by atoms with Gasteiger partial charge in [0.15, 0.2) is 0 Å². The van der Waals surface area contributed by atoms with E-state index < -0.39 is 0 Å². The minimum Gasteiger partial charge on any atom is -0.416 e. The number of thioether (sulfide) groups is 1. The molecule has 1 aliphatic rings. The Morgan fingerprint density at radius 2 is 1.79 bits per heavy atom. The van der Waals surface area contributed by atoms with E-state index in [2.05, 4.69) is 20.6 Å². The number of amides is 2. The van der Waals surface area contributed by atoms with Gasteiger partial charge in [-0.3, -0.25) is 9.59 Å². The third kappa shape index (κ3) is 4.88. The SMILES string of the molecule is O=C(CSc1nnc(Cc2ccccc2)o1)NC1=NN(c2ccccc2)C(=O)C1. The Balaban J connectivity index is 1.29. The lowest BCUT2D eigenvalue weighted by Crippen LogP contribution is -2.31. The molecule has 0 atom stereocenters. The summed E-state index contributed by atoms with van der Waals surface area (Å²) in [4.78, 5) is 24.3. The maximum atomic E-state index is 12.2. The summed E-state index contributed by atoms with van der Waals surface area (Å²) in [5, 5.41) is 16.4. The Morgan fingerprint density at radius 3 is 2.55 bits per heavy atom. The van der Waals surface area contributed by atoms with Crippen LogP contribution in [0.1, 0.15) is 17.9 Å². The van der Waals surface area contributed by atoms with Crippen molar-refractivity contribution in [3.8, 4) is 0 Å². The van der Waals surface area contributed by atoms with Crippen LogP contribution in [0.5, 0.6) is 0 Å². The molecule has 0 bridgehead atoms.